The third kappa shape index (κ3) is 3.86. The SMILES string of the molecule is CNC(=O)CN1CCN(C(=O)c2cc(Cl)ccc2O)CC1. The first-order valence-corrected chi connectivity index (χ1v) is 7.10. The number of nitrogens with zero attached hydrogens (tertiary/aromatic N) is 2. The maximum atomic E-state index is 12.4. The Bertz CT molecular complexity index is 542. The van der Waals surface area contributed by atoms with Gasteiger partial charge in [0.1, 0.15) is 5.75 Å². The van der Waals surface area contributed by atoms with Crippen LogP contribution < -0.4 is 5.32 Å². The van der Waals surface area contributed by atoms with E-state index < -0.39 is 0 Å². The van der Waals surface area contributed by atoms with Gasteiger partial charge >= 0.3 is 0 Å². The van der Waals surface area contributed by atoms with Crippen molar-refractivity contribution in [1.82, 2.24) is 15.1 Å². The summed E-state index contributed by atoms with van der Waals surface area (Å²) < 4.78 is 0. The van der Waals surface area contributed by atoms with Crippen LogP contribution in [0.1, 0.15) is 10.4 Å². The van der Waals surface area contributed by atoms with E-state index in [1.54, 1.807) is 11.9 Å². The predicted molar refractivity (Wildman–Crippen MR) is 79.5 cm³/mol. The Morgan fingerprint density at radius 3 is 2.57 bits per heavy atom. The molecule has 2 rings (SSSR count). The highest BCUT2D eigenvalue weighted by Crippen LogP contribution is 2.23. The first kappa shape index (κ1) is 15.6. The lowest BCUT2D eigenvalue weighted by Gasteiger charge is -2.34. The second-order valence-electron chi connectivity index (χ2n) is 4.90. The molecular formula is C14H18ClN3O3. The largest absolute Gasteiger partial charge is 0.507 e. The zero-order valence-electron chi connectivity index (χ0n) is 11.8. The predicted octanol–water partition coefficient (Wildman–Crippen LogP) is 0.549. The molecule has 0 bridgehead atoms. The molecule has 2 amide bonds. The van der Waals surface area contributed by atoms with Crippen molar-refractivity contribution in [1.29, 1.82) is 0 Å². The highest BCUT2D eigenvalue weighted by molar-refractivity contribution is 6.31. The fourth-order valence-corrected chi connectivity index (χ4v) is 2.41. The average Bonchev–Trinajstić information content (AvgIpc) is 2.49. The molecular weight excluding hydrogens is 294 g/mol. The number of benzene rings is 1. The van der Waals surface area contributed by atoms with Gasteiger partial charge in [0.2, 0.25) is 5.91 Å². The van der Waals surface area contributed by atoms with Gasteiger partial charge in [-0.2, -0.15) is 0 Å². The molecule has 0 spiro atoms. The Morgan fingerprint density at radius 2 is 1.95 bits per heavy atom. The lowest BCUT2D eigenvalue weighted by Crippen LogP contribution is -2.50. The van der Waals surface area contributed by atoms with E-state index in [-0.39, 0.29) is 23.1 Å². The first-order chi connectivity index (χ1) is 10.0. The third-order valence-electron chi connectivity index (χ3n) is 3.49. The van der Waals surface area contributed by atoms with Gasteiger partial charge in [-0.05, 0) is 18.2 Å². The number of aromatic hydroxyl groups is 1. The van der Waals surface area contributed by atoms with Crippen molar-refractivity contribution >= 4 is 23.4 Å². The zero-order chi connectivity index (χ0) is 15.4. The molecule has 114 valence electrons. The number of carbonyl (C=O) groups is 2. The Morgan fingerprint density at radius 1 is 1.29 bits per heavy atom. The lowest BCUT2D eigenvalue weighted by atomic mass is 10.1. The standard InChI is InChI=1S/C14H18ClN3O3/c1-16-13(20)9-17-4-6-18(7-5-17)14(21)11-8-10(15)2-3-12(11)19/h2-3,8,19H,4-7,9H2,1H3,(H,16,20). The van der Waals surface area contributed by atoms with Gasteiger partial charge in [-0.3, -0.25) is 14.5 Å². The van der Waals surface area contributed by atoms with Crippen molar-refractivity contribution in [2.45, 2.75) is 0 Å². The number of nitrogens with one attached hydrogen (secondary N) is 1. The van der Waals surface area contributed by atoms with Crippen LogP contribution in [-0.2, 0) is 4.79 Å². The van der Waals surface area contributed by atoms with E-state index in [4.69, 9.17) is 11.6 Å². The molecule has 6 nitrogen and oxygen atoms in total. The molecule has 7 heteroatoms. The van der Waals surface area contributed by atoms with E-state index in [0.29, 0.717) is 37.7 Å². The van der Waals surface area contributed by atoms with Gasteiger partial charge in [0.05, 0.1) is 12.1 Å². The molecule has 1 aromatic rings. The second-order valence-corrected chi connectivity index (χ2v) is 5.34. The minimum atomic E-state index is -0.241. The van der Waals surface area contributed by atoms with Crippen molar-refractivity contribution in [3.63, 3.8) is 0 Å². The normalized spacial score (nSPS) is 15.8. The zero-order valence-corrected chi connectivity index (χ0v) is 12.6. The van der Waals surface area contributed by atoms with E-state index in [1.165, 1.54) is 18.2 Å². The molecule has 21 heavy (non-hydrogen) atoms. The number of hydrogen-bond donors (Lipinski definition) is 2. The molecule has 1 saturated heterocycles. The number of rotatable bonds is 3. The van der Waals surface area contributed by atoms with Gasteiger partial charge < -0.3 is 15.3 Å². The first-order valence-electron chi connectivity index (χ1n) is 6.72. The van der Waals surface area contributed by atoms with Crippen LogP contribution in [0.2, 0.25) is 5.02 Å². The van der Waals surface area contributed by atoms with Gasteiger partial charge in [-0.15, -0.1) is 0 Å². The van der Waals surface area contributed by atoms with Crippen LogP contribution >= 0.6 is 11.6 Å². The molecule has 1 heterocycles. The van der Waals surface area contributed by atoms with Crippen LogP contribution in [-0.4, -0.2) is 66.5 Å². The molecule has 2 N–H and O–H groups in total. The van der Waals surface area contributed by atoms with E-state index in [0.717, 1.165) is 0 Å². The van der Waals surface area contributed by atoms with Crippen molar-refractivity contribution in [2.24, 2.45) is 0 Å². The topological polar surface area (TPSA) is 72.9 Å². The highest BCUT2D eigenvalue weighted by Gasteiger charge is 2.24. The Balaban J connectivity index is 1.97. The second kappa shape index (κ2) is 6.78. The molecule has 0 unspecified atom stereocenters. The van der Waals surface area contributed by atoms with E-state index in [9.17, 15) is 14.7 Å². The summed E-state index contributed by atoms with van der Waals surface area (Å²) in [5.74, 6) is -0.353. The summed E-state index contributed by atoms with van der Waals surface area (Å²) in [6.07, 6.45) is 0. The van der Waals surface area contributed by atoms with E-state index >= 15 is 0 Å². The van der Waals surface area contributed by atoms with Crippen LogP contribution in [0.3, 0.4) is 0 Å². The Hall–Kier alpha value is -1.79. The van der Waals surface area contributed by atoms with Crippen LogP contribution in [0.4, 0.5) is 0 Å². The van der Waals surface area contributed by atoms with Gasteiger partial charge in [-0.25, -0.2) is 0 Å². The van der Waals surface area contributed by atoms with Gasteiger partial charge in [0.15, 0.2) is 0 Å². The summed E-state index contributed by atoms with van der Waals surface area (Å²) in [5, 5.41) is 12.8. The van der Waals surface area contributed by atoms with Crippen molar-refractivity contribution < 1.29 is 14.7 Å². The minimum Gasteiger partial charge on any atom is -0.507 e. The molecule has 0 aliphatic carbocycles. The van der Waals surface area contributed by atoms with Gasteiger partial charge in [-0.1, -0.05) is 11.6 Å². The van der Waals surface area contributed by atoms with Gasteiger partial charge in [0, 0.05) is 38.2 Å². The molecule has 1 fully saturated rings. The van der Waals surface area contributed by atoms with Crippen LogP contribution in [0.5, 0.6) is 5.75 Å². The summed E-state index contributed by atoms with van der Waals surface area (Å²) in [6.45, 7) is 2.62. The summed E-state index contributed by atoms with van der Waals surface area (Å²) in [7, 11) is 1.60. The summed E-state index contributed by atoms with van der Waals surface area (Å²) in [5.41, 5.74) is 0.210. The number of phenols is 1. The number of carbonyl (C=O) groups excluding carboxylic acids is 2. The number of piperazine rings is 1. The Kier molecular flexibility index (Phi) is 5.03. The number of phenolic OH excluding ortho intramolecular Hbond substituents is 1. The molecule has 1 aromatic carbocycles. The fourth-order valence-electron chi connectivity index (χ4n) is 2.24. The van der Waals surface area contributed by atoms with E-state index in [2.05, 4.69) is 5.32 Å². The molecule has 0 atom stereocenters. The third-order valence-corrected chi connectivity index (χ3v) is 3.73. The molecule has 0 radical (unpaired) electrons. The molecule has 1 aliphatic rings. The van der Waals surface area contributed by atoms with Crippen LogP contribution in [0.25, 0.3) is 0 Å². The maximum absolute atomic E-state index is 12.4. The van der Waals surface area contributed by atoms with Crippen LogP contribution in [0, 0.1) is 0 Å². The maximum Gasteiger partial charge on any atom is 0.257 e. The van der Waals surface area contributed by atoms with Crippen molar-refractivity contribution in [3.8, 4) is 5.75 Å². The number of likely N-dealkylation sites (N-methyl/N-ethyl adjacent to an activating group) is 1. The summed E-state index contributed by atoms with van der Waals surface area (Å²) in [6, 6.07) is 4.42. The summed E-state index contributed by atoms with van der Waals surface area (Å²) in [4.78, 5) is 27.3. The number of halogens is 1. The number of amides is 2. The minimum absolute atomic E-state index is 0.0396. The highest BCUT2D eigenvalue weighted by atomic mass is 35.5. The van der Waals surface area contributed by atoms with Crippen LogP contribution in [0.15, 0.2) is 18.2 Å². The monoisotopic (exact) mass is 311 g/mol. The molecule has 0 saturated carbocycles. The van der Waals surface area contributed by atoms with Crippen molar-refractivity contribution in [2.75, 3.05) is 39.8 Å². The summed E-state index contributed by atoms with van der Waals surface area (Å²) >= 11 is 5.86. The Labute approximate surface area is 128 Å². The lowest BCUT2D eigenvalue weighted by molar-refractivity contribution is -0.122. The van der Waals surface area contributed by atoms with Gasteiger partial charge in [0.25, 0.3) is 5.91 Å². The smallest absolute Gasteiger partial charge is 0.257 e. The van der Waals surface area contributed by atoms with Crippen molar-refractivity contribution in [3.05, 3.63) is 28.8 Å². The number of hydrogen-bond acceptors (Lipinski definition) is 4. The average molecular weight is 312 g/mol. The van der Waals surface area contributed by atoms with E-state index in [1.807, 2.05) is 4.90 Å². The fraction of sp³-hybridized carbons (Fsp3) is 0.429. The molecule has 1 aliphatic heterocycles. The quantitative estimate of drug-likeness (QED) is 0.855. The molecule has 0 aromatic heterocycles.